The van der Waals surface area contributed by atoms with Crippen LogP contribution in [-0.2, 0) is 0 Å². The van der Waals surface area contributed by atoms with Gasteiger partial charge in [-0.1, -0.05) is 0 Å². The molecule has 86 valence electrons. The quantitative estimate of drug-likeness (QED) is 0.779. The Bertz CT molecular complexity index is 417. The second-order valence-corrected chi connectivity index (χ2v) is 2.95. The van der Waals surface area contributed by atoms with Gasteiger partial charge in [0.05, 0.1) is 12.7 Å². The summed E-state index contributed by atoms with van der Waals surface area (Å²) < 4.78 is 4.88. The molecule has 0 spiro atoms. The van der Waals surface area contributed by atoms with E-state index in [-0.39, 0.29) is 17.0 Å². The molecule has 1 heterocycles. The zero-order valence-electron chi connectivity index (χ0n) is 8.98. The number of carbonyl (C=O) groups is 2. The second-order valence-electron chi connectivity index (χ2n) is 2.95. The van der Waals surface area contributed by atoms with Crippen LogP contribution >= 0.6 is 0 Å². The van der Waals surface area contributed by atoms with E-state index in [1.807, 2.05) is 0 Å². The fraction of sp³-hybridized carbons (Fsp3) is 0.300. The number of rotatable bonds is 4. The zero-order chi connectivity index (χ0) is 12.1. The lowest BCUT2D eigenvalue weighted by atomic mass is 10.2. The van der Waals surface area contributed by atoms with Crippen molar-refractivity contribution in [1.29, 1.82) is 0 Å². The van der Waals surface area contributed by atoms with Crippen molar-refractivity contribution in [3.05, 3.63) is 23.4 Å². The highest BCUT2D eigenvalue weighted by Gasteiger charge is 2.16. The van der Waals surface area contributed by atoms with E-state index in [4.69, 9.17) is 9.84 Å². The highest BCUT2D eigenvalue weighted by atomic mass is 16.5. The van der Waals surface area contributed by atoms with Crippen molar-refractivity contribution in [2.24, 2.45) is 0 Å². The predicted octanol–water partition coefficient (Wildman–Crippen LogP) is 0.538. The third kappa shape index (κ3) is 2.47. The van der Waals surface area contributed by atoms with Gasteiger partial charge in [0.25, 0.3) is 5.91 Å². The van der Waals surface area contributed by atoms with Gasteiger partial charge >= 0.3 is 5.97 Å². The van der Waals surface area contributed by atoms with Crippen molar-refractivity contribution in [1.82, 2.24) is 10.3 Å². The Hall–Kier alpha value is -2.11. The van der Waals surface area contributed by atoms with Crippen molar-refractivity contribution >= 4 is 11.9 Å². The average molecular weight is 224 g/mol. The summed E-state index contributed by atoms with van der Waals surface area (Å²) in [6, 6.07) is 1.24. The van der Waals surface area contributed by atoms with Crippen LogP contribution in [0.2, 0.25) is 0 Å². The number of amides is 1. The van der Waals surface area contributed by atoms with E-state index < -0.39 is 11.9 Å². The van der Waals surface area contributed by atoms with Crippen molar-refractivity contribution in [3.8, 4) is 5.88 Å². The number of carbonyl (C=O) groups excluding carboxylic acids is 1. The van der Waals surface area contributed by atoms with E-state index in [0.717, 1.165) is 6.20 Å². The van der Waals surface area contributed by atoms with Crippen LogP contribution in [0.15, 0.2) is 12.3 Å². The standard InChI is InChI=1S/C10H12N2O4/c1-3-11-8(13)7-4-6(10(14)15)5-12-9(7)16-2/h4-5H,3H2,1-2H3,(H,11,13)(H,14,15). The van der Waals surface area contributed by atoms with Gasteiger partial charge in [-0.2, -0.15) is 0 Å². The molecule has 0 fully saturated rings. The summed E-state index contributed by atoms with van der Waals surface area (Å²) in [6.45, 7) is 2.21. The molecular weight excluding hydrogens is 212 g/mol. The highest BCUT2D eigenvalue weighted by Crippen LogP contribution is 2.16. The smallest absolute Gasteiger partial charge is 0.337 e. The largest absolute Gasteiger partial charge is 0.480 e. The number of nitrogens with one attached hydrogen (secondary N) is 1. The summed E-state index contributed by atoms with van der Waals surface area (Å²) in [5.74, 6) is -1.44. The number of carboxylic acid groups (broad SMARTS) is 1. The molecule has 1 aromatic rings. The third-order valence-electron chi connectivity index (χ3n) is 1.87. The average Bonchev–Trinajstić information content (AvgIpc) is 2.28. The Labute approximate surface area is 92.3 Å². The maximum Gasteiger partial charge on any atom is 0.337 e. The van der Waals surface area contributed by atoms with Crippen molar-refractivity contribution in [3.63, 3.8) is 0 Å². The molecule has 0 unspecified atom stereocenters. The minimum absolute atomic E-state index is 0.0537. The number of ether oxygens (including phenoxy) is 1. The minimum atomic E-state index is -1.14. The SMILES string of the molecule is CCNC(=O)c1cc(C(=O)O)cnc1OC. The van der Waals surface area contributed by atoms with E-state index >= 15 is 0 Å². The second kappa shape index (κ2) is 5.11. The molecule has 16 heavy (non-hydrogen) atoms. The lowest BCUT2D eigenvalue weighted by Crippen LogP contribution is -2.24. The van der Waals surface area contributed by atoms with Gasteiger partial charge < -0.3 is 15.2 Å². The molecule has 0 atom stereocenters. The minimum Gasteiger partial charge on any atom is -0.480 e. The Balaban J connectivity index is 3.16. The number of methoxy groups -OCH3 is 1. The summed E-state index contributed by atoms with van der Waals surface area (Å²) in [7, 11) is 1.37. The van der Waals surface area contributed by atoms with Crippen LogP contribution in [0.3, 0.4) is 0 Å². The first kappa shape index (κ1) is 12.0. The predicted molar refractivity (Wildman–Crippen MR) is 55.8 cm³/mol. The molecule has 0 saturated heterocycles. The van der Waals surface area contributed by atoms with E-state index in [1.54, 1.807) is 6.92 Å². The molecule has 0 bridgehead atoms. The van der Waals surface area contributed by atoms with Gasteiger partial charge in [-0.25, -0.2) is 9.78 Å². The first-order valence-corrected chi connectivity index (χ1v) is 4.65. The highest BCUT2D eigenvalue weighted by molar-refractivity contribution is 5.99. The Morgan fingerprint density at radius 1 is 1.56 bits per heavy atom. The molecule has 0 radical (unpaired) electrons. The van der Waals surface area contributed by atoms with Crippen LogP contribution in [0.1, 0.15) is 27.6 Å². The summed E-state index contributed by atoms with van der Waals surface area (Å²) in [5, 5.41) is 11.3. The van der Waals surface area contributed by atoms with Gasteiger partial charge in [0.1, 0.15) is 5.56 Å². The summed E-state index contributed by atoms with van der Waals surface area (Å²) >= 11 is 0. The first-order chi connectivity index (χ1) is 7.60. The zero-order valence-corrected chi connectivity index (χ0v) is 8.98. The van der Waals surface area contributed by atoms with E-state index in [2.05, 4.69) is 10.3 Å². The number of pyridine rings is 1. The molecule has 0 aliphatic carbocycles. The van der Waals surface area contributed by atoms with Crippen molar-refractivity contribution < 1.29 is 19.4 Å². The van der Waals surface area contributed by atoms with Gasteiger partial charge in [0.2, 0.25) is 5.88 Å². The lowest BCUT2D eigenvalue weighted by Gasteiger charge is -2.07. The molecule has 6 heteroatoms. The molecule has 2 N–H and O–H groups in total. The van der Waals surface area contributed by atoms with Gasteiger partial charge in [-0.05, 0) is 13.0 Å². The third-order valence-corrected chi connectivity index (χ3v) is 1.87. The molecule has 0 aliphatic heterocycles. The molecule has 1 amide bonds. The van der Waals surface area contributed by atoms with E-state index in [0.29, 0.717) is 6.54 Å². The maximum atomic E-state index is 11.6. The van der Waals surface area contributed by atoms with Crippen LogP contribution in [0.25, 0.3) is 0 Å². The summed E-state index contributed by atoms with van der Waals surface area (Å²) in [5.41, 5.74) is 0.0614. The van der Waals surface area contributed by atoms with E-state index in [1.165, 1.54) is 13.2 Å². The Morgan fingerprint density at radius 2 is 2.25 bits per heavy atom. The topological polar surface area (TPSA) is 88.5 Å². The monoisotopic (exact) mass is 224 g/mol. The molecule has 1 aromatic heterocycles. The Kier molecular flexibility index (Phi) is 3.82. The molecule has 1 rings (SSSR count). The Morgan fingerprint density at radius 3 is 2.75 bits per heavy atom. The molecule has 0 aliphatic rings. The first-order valence-electron chi connectivity index (χ1n) is 4.65. The van der Waals surface area contributed by atoms with Gasteiger partial charge in [-0.15, -0.1) is 0 Å². The molecule has 0 saturated carbocycles. The van der Waals surface area contributed by atoms with Crippen molar-refractivity contribution in [2.75, 3.05) is 13.7 Å². The van der Waals surface area contributed by atoms with Crippen LogP contribution in [0, 0.1) is 0 Å². The van der Waals surface area contributed by atoms with Gasteiger partial charge in [0.15, 0.2) is 0 Å². The van der Waals surface area contributed by atoms with E-state index in [9.17, 15) is 9.59 Å². The summed E-state index contributed by atoms with van der Waals surface area (Å²) in [6.07, 6.45) is 1.14. The number of carboxylic acids is 1. The van der Waals surface area contributed by atoms with Crippen LogP contribution < -0.4 is 10.1 Å². The number of hydrogen-bond acceptors (Lipinski definition) is 4. The lowest BCUT2D eigenvalue weighted by molar-refractivity contribution is 0.0696. The van der Waals surface area contributed by atoms with Gasteiger partial charge in [0, 0.05) is 12.7 Å². The maximum absolute atomic E-state index is 11.6. The fourth-order valence-corrected chi connectivity index (χ4v) is 1.15. The normalized spacial score (nSPS) is 9.62. The number of nitrogens with zero attached hydrogens (tertiary/aromatic N) is 1. The van der Waals surface area contributed by atoms with Crippen LogP contribution in [0.5, 0.6) is 5.88 Å². The van der Waals surface area contributed by atoms with Gasteiger partial charge in [-0.3, -0.25) is 4.79 Å². The van der Waals surface area contributed by atoms with Crippen LogP contribution in [-0.4, -0.2) is 35.6 Å². The fourth-order valence-electron chi connectivity index (χ4n) is 1.15. The van der Waals surface area contributed by atoms with Crippen LogP contribution in [0.4, 0.5) is 0 Å². The molecule has 6 nitrogen and oxygen atoms in total. The number of aromatic carboxylic acids is 1. The van der Waals surface area contributed by atoms with Crippen molar-refractivity contribution in [2.45, 2.75) is 6.92 Å². The number of aromatic nitrogens is 1. The number of hydrogen-bond donors (Lipinski definition) is 2. The molecular formula is C10H12N2O4. The summed E-state index contributed by atoms with van der Waals surface area (Å²) in [4.78, 5) is 26.1. The molecule has 0 aromatic carbocycles.